The predicted molar refractivity (Wildman–Crippen MR) is 133 cm³/mol. The van der Waals surface area contributed by atoms with Gasteiger partial charge in [-0.1, -0.05) is 6.07 Å². The second-order valence-electron chi connectivity index (χ2n) is 10.7. The number of nitrogens with zero attached hydrogens (tertiary/aromatic N) is 2. The quantitative estimate of drug-likeness (QED) is 0.632. The van der Waals surface area contributed by atoms with E-state index in [0.717, 1.165) is 24.5 Å². The molecule has 9 heteroatoms. The zero-order valence-electron chi connectivity index (χ0n) is 21.0. The molecule has 36 heavy (non-hydrogen) atoms. The summed E-state index contributed by atoms with van der Waals surface area (Å²) in [6.45, 7) is 7.45. The van der Waals surface area contributed by atoms with Crippen LogP contribution in [-0.2, 0) is 9.47 Å². The molecule has 5 rings (SSSR count). The molecular formula is C27H32FN3O5. The van der Waals surface area contributed by atoms with Crippen LogP contribution in [0.4, 0.5) is 25.4 Å². The number of carbonyl (C=O) groups is 2. The van der Waals surface area contributed by atoms with E-state index >= 15 is 4.39 Å². The molecule has 192 valence electrons. The number of rotatable bonds is 6. The first kappa shape index (κ1) is 24.2. The smallest absolute Gasteiger partial charge is 0.414 e. The van der Waals surface area contributed by atoms with Crippen LogP contribution in [0.5, 0.6) is 5.75 Å². The lowest BCUT2D eigenvalue weighted by Gasteiger charge is -2.22. The SMILES string of the molecule is COc1ccc(N2C[C@@H]3C(c4ccc(N5C[C@H](CNC(=O)OC(C)(C)C)OC5=O)cc4F)[C@@H]3C2)cc1. The molecular weight excluding hydrogens is 465 g/mol. The summed E-state index contributed by atoms with van der Waals surface area (Å²) < 4.78 is 30.9. The number of anilines is 2. The largest absolute Gasteiger partial charge is 0.497 e. The Balaban J connectivity index is 1.16. The second-order valence-corrected chi connectivity index (χ2v) is 10.7. The minimum Gasteiger partial charge on any atom is -0.497 e. The fourth-order valence-electron chi connectivity index (χ4n) is 5.30. The van der Waals surface area contributed by atoms with Crippen LogP contribution < -0.4 is 19.9 Å². The van der Waals surface area contributed by atoms with Crippen molar-refractivity contribution in [3.8, 4) is 5.75 Å². The first-order chi connectivity index (χ1) is 17.1. The lowest BCUT2D eigenvalue weighted by atomic mass is 10.0. The molecule has 2 aliphatic heterocycles. The molecule has 3 aliphatic rings. The number of nitrogens with one attached hydrogen (secondary N) is 1. The number of carbonyl (C=O) groups excluding carboxylic acids is 2. The fourth-order valence-corrected chi connectivity index (χ4v) is 5.30. The first-order valence-electron chi connectivity index (χ1n) is 12.3. The van der Waals surface area contributed by atoms with Crippen molar-refractivity contribution in [3.05, 3.63) is 53.8 Å². The van der Waals surface area contributed by atoms with Gasteiger partial charge in [0.15, 0.2) is 0 Å². The average molecular weight is 498 g/mol. The van der Waals surface area contributed by atoms with E-state index in [0.29, 0.717) is 23.1 Å². The van der Waals surface area contributed by atoms with Crippen molar-refractivity contribution in [1.29, 1.82) is 0 Å². The topological polar surface area (TPSA) is 80.3 Å². The van der Waals surface area contributed by atoms with Crippen molar-refractivity contribution in [1.82, 2.24) is 5.32 Å². The summed E-state index contributed by atoms with van der Waals surface area (Å²) in [5.74, 6) is 1.58. The predicted octanol–water partition coefficient (Wildman–Crippen LogP) is 4.53. The summed E-state index contributed by atoms with van der Waals surface area (Å²) in [7, 11) is 1.65. The lowest BCUT2D eigenvalue weighted by Crippen LogP contribution is -2.38. The van der Waals surface area contributed by atoms with Gasteiger partial charge < -0.3 is 24.4 Å². The molecule has 0 radical (unpaired) electrons. The Bertz CT molecular complexity index is 1140. The number of ether oxygens (including phenoxy) is 3. The summed E-state index contributed by atoms with van der Waals surface area (Å²) in [5.41, 5.74) is 1.70. The molecule has 8 nitrogen and oxygen atoms in total. The third kappa shape index (κ3) is 4.92. The van der Waals surface area contributed by atoms with Gasteiger partial charge in [-0.25, -0.2) is 14.0 Å². The molecule has 0 aromatic heterocycles. The number of cyclic esters (lactones) is 1. The van der Waals surface area contributed by atoms with Gasteiger partial charge >= 0.3 is 12.2 Å². The Morgan fingerprint density at radius 1 is 1.08 bits per heavy atom. The van der Waals surface area contributed by atoms with E-state index in [1.807, 2.05) is 12.1 Å². The fraction of sp³-hybridized carbons (Fsp3) is 0.481. The van der Waals surface area contributed by atoms with Gasteiger partial charge in [0.1, 0.15) is 23.3 Å². The second kappa shape index (κ2) is 9.19. The van der Waals surface area contributed by atoms with Gasteiger partial charge in [0, 0.05) is 18.8 Å². The van der Waals surface area contributed by atoms with Gasteiger partial charge in [-0.05, 0) is 80.5 Å². The van der Waals surface area contributed by atoms with Crippen molar-refractivity contribution in [2.24, 2.45) is 11.8 Å². The molecule has 2 saturated heterocycles. The normalized spacial score (nSPS) is 24.9. The van der Waals surface area contributed by atoms with Crippen molar-refractivity contribution in [2.45, 2.75) is 38.4 Å². The Labute approximate surface area is 210 Å². The highest BCUT2D eigenvalue weighted by Gasteiger charge is 2.57. The number of methoxy groups -OCH3 is 1. The molecule has 4 atom stereocenters. The highest BCUT2D eigenvalue weighted by molar-refractivity contribution is 5.89. The van der Waals surface area contributed by atoms with Crippen LogP contribution in [0.1, 0.15) is 32.3 Å². The zero-order valence-corrected chi connectivity index (χ0v) is 21.0. The van der Waals surface area contributed by atoms with Gasteiger partial charge in [0.2, 0.25) is 0 Å². The van der Waals surface area contributed by atoms with Crippen molar-refractivity contribution in [2.75, 3.05) is 43.1 Å². The number of hydrogen-bond acceptors (Lipinski definition) is 6. The average Bonchev–Trinajstić information content (AvgIpc) is 3.14. The van der Waals surface area contributed by atoms with Crippen molar-refractivity contribution >= 4 is 23.6 Å². The Hall–Kier alpha value is -3.49. The molecule has 2 aromatic rings. The van der Waals surface area contributed by atoms with Crippen LogP contribution in [0.25, 0.3) is 0 Å². The Morgan fingerprint density at radius 2 is 1.75 bits per heavy atom. The summed E-state index contributed by atoms with van der Waals surface area (Å²) in [4.78, 5) is 28.0. The van der Waals surface area contributed by atoms with E-state index in [4.69, 9.17) is 14.2 Å². The highest BCUT2D eigenvalue weighted by atomic mass is 19.1. The summed E-state index contributed by atoms with van der Waals surface area (Å²) >= 11 is 0. The summed E-state index contributed by atoms with van der Waals surface area (Å²) in [6, 6.07) is 13.0. The number of hydrogen-bond donors (Lipinski definition) is 1. The molecule has 1 unspecified atom stereocenters. The lowest BCUT2D eigenvalue weighted by molar-refractivity contribution is 0.0496. The van der Waals surface area contributed by atoms with E-state index < -0.39 is 23.9 Å². The maximum absolute atomic E-state index is 15.2. The van der Waals surface area contributed by atoms with Crippen molar-refractivity contribution in [3.63, 3.8) is 0 Å². The van der Waals surface area contributed by atoms with Gasteiger partial charge in [-0.3, -0.25) is 4.90 Å². The van der Waals surface area contributed by atoms with E-state index in [-0.39, 0.29) is 24.8 Å². The van der Waals surface area contributed by atoms with Crippen molar-refractivity contribution < 1.29 is 28.2 Å². The molecule has 2 aromatic carbocycles. The van der Waals surface area contributed by atoms with Gasteiger partial charge in [-0.15, -0.1) is 0 Å². The zero-order chi connectivity index (χ0) is 25.6. The Morgan fingerprint density at radius 3 is 2.36 bits per heavy atom. The molecule has 1 N–H and O–H groups in total. The number of halogens is 1. The van der Waals surface area contributed by atoms with Gasteiger partial charge in [0.05, 0.1) is 25.9 Å². The first-order valence-corrected chi connectivity index (χ1v) is 12.3. The highest BCUT2D eigenvalue weighted by Crippen LogP contribution is 2.59. The maximum Gasteiger partial charge on any atom is 0.414 e. The van der Waals surface area contributed by atoms with E-state index in [1.54, 1.807) is 40.0 Å². The van der Waals surface area contributed by atoms with Gasteiger partial charge in [-0.2, -0.15) is 0 Å². The summed E-state index contributed by atoms with van der Waals surface area (Å²) in [6.07, 6.45) is -1.68. The minimum atomic E-state index is -0.615. The number of alkyl carbamates (subject to hydrolysis) is 1. The molecule has 3 fully saturated rings. The van der Waals surface area contributed by atoms with E-state index in [2.05, 4.69) is 22.3 Å². The van der Waals surface area contributed by atoms with E-state index in [9.17, 15) is 9.59 Å². The monoisotopic (exact) mass is 497 g/mol. The molecule has 0 bridgehead atoms. The Kier molecular flexibility index (Phi) is 6.18. The third-order valence-electron chi connectivity index (χ3n) is 7.03. The maximum atomic E-state index is 15.2. The molecule has 1 saturated carbocycles. The minimum absolute atomic E-state index is 0.119. The number of benzene rings is 2. The number of amides is 2. The van der Waals surface area contributed by atoms with Crippen LogP contribution in [-0.4, -0.2) is 57.2 Å². The number of piperidine rings is 1. The molecule has 1 aliphatic carbocycles. The van der Waals surface area contributed by atoms with Crippen LogP contribution in [0.3, 0.4) is 0 Å². The molecule has 2 amide bonds. The number of fused-ring (bicyclic) bond motifs is 1. The molecule has 2 heterocycles. The molecule has 0 spiro atoms. The standard InChI is InChI=1S/C27H32FN3O5/c1-27(2,3)36-25(32)29-12-19-13-31(26(33)35-19)17-7-10-20(23(28)11-17)24-21-14-30(15-22(21)24)16-5-8-18(34-4)9-6-16/h5-11,19,21-22,24H,12-15H2,1-4H3,(H,29,32)/t19-,21-,22+,24?/m0/s1. The van der Waals surface area contributed by atoms with Crippen LogP contribution >= 0.6 is 0 Å². The van der Waals surface area contributed by atoms with Crippen LogP contribution in [0, 0.1) is 17.7 Å². The van der Waals surface area contributed by atoms with Gasteiger partial charge in [0.25, 0.3) is 0 Å². The summed E-state index contributed by atoms with van der Waals surface area (Å²) in [5, 5.41) is 2.61. The van der Waals surface area contributed by atoms with Crippen LogP contribution in [0.2, 0.25) is 0 Å². The third-order valence-corrected chi connectivity index (χ3v) is 7.03. The van der Waals surface area contributed by atoms with E-state index in [1.165, 1.54) is 11.0 Å². The van der Waals surface area contributed by atoms with Crippen LogP contribution in [0.15, 0.2) is 42.5 Å².